The second-order valence-corrected chi connectivity index (χ2v) is 12.7. The van der Waals surface area contributed by atoms with Crippen molar-refractivity contribution in [1.82, 2.24) is 9.80 Å². The summed E-state index contributed by atoms with van der Waals surface area (Å²) in [6.45, 7) is 14.1. The number of ether oxygens (including phenoxy) is 1. The first-order valence-corrected chi connectivity index (χ1v) is 18.7. The Kier molecular flexibility index (Phi) is 30.5. The van der Waals surface area contributed by atoms with E-state index >= 15 is 0 Å². The van der Waals surface area contributed by atoms with Crippen LogP contribution in [0, 0.1) is 0 Å². The number of carbonyl (C=O) groups excluding carboxylic acids is 2. The largest absolute Gasteiger partial charge is 0.359 e. The SMILES string of the molecule is CCCCCCCCN(CCCCCCCC)C(=O)COC(C)C(=O)N(CCCCCCCC)CCCCCCCC. The summed E-state index contributed by atoms with van der Waals surface area (Å²) < 4.78 is 5.98. The van der Waals surface area contributed by atoms with E-state index in [1.807, 2.05) is 16.7 Å². The van der Waals surface area contributed by atoms with Crippen molar-refractivity contribution in [2.24, 2.45) is 0 Å². The standard InChI is InChI=1S/C37H74N2O3/c1-6-10-14-18-22-26-30-38(31-27-23-19-15-11-7-2)36(40)34-42-35(5)37(41)39(32-28-24-20-16-12-8-3)33-29-25-21-17-13-9-4/h35H,6-34H2,1-5H3. The van der Waals surface area contributed by atoms with Crippen molar-refractivity contribution in [2.45, 2.75) is 195 Å². The van der Waals surface area contributed by atoms with Crippen molar-refractivity contribution < 1.29 is 14.3 Å². The molecule has 5 nitrogen and oxygen atoms in total. The number of amides is 2. The Labute approximate surface area is 263 Å². The minimum Gasteiger partial charge on any atom is -0.359 e. The van der Waals surface area contributed by atoms with Gasteiger partial charge < -0.3 is 14.5 Å². The van der Waals surface area contributed by atoms with Crippen LogP contribution in [0.3, 0.4) is 0 Å². The Morgan fingerprint density at radius 1 is 0.452 bits per heavy atom. The predicted molar refractivity (Wildman–Crippen MR) is 182 cm³/mol. The quantitative estimate of drug-likeness (QED) is 0.0728. The number of nitrogens with zero attached hydrogens (tertiary/aromatic N) is 2. The van der Waals surface area contributed by atoms with Crippen LogP contribution < -0.4 is 0 Å². The van der Waals surface area contributed by atoms with E-state index in [4.69, 9.17) is 4.74 Å². The van der Waals surface area contributed by atoms with Gasteiger partial charge in [-0.25, -0.2) is 0 Å². The molecule has 5 heteroatoms. The van der Waals surface area contributed by atoms with Crippen LogP contribution in [0.1, 0.15) is 189 Å². The van der Waals surface area contributed by atoms with E-state index in [1.54, 1.807) is 0 Å². The maximum absolute atomic E-state index is 13.4. The van der Waals surface area contributed by atoms with Crippen molar-refractivity contribution in [3.63, 3.8) is 0 Å². The van der Waals surface area contributed by atoms with Gasteiger partial charge in [-0.1, -0.05) is 156 Å². The van der Waals surface area contributed by atoms with Crippen LogP contribution in [0.15, 0.2) is 0 Å². The molecule has 2 amide bonds. The highest BCUT2D eigenvalue weighted by Crippen LogP contribution is 2.13. The third-order valence-corrected chi connectivity index (χ3v) is 8.60. The molecule has 0 heterocycles. The van der Waals surface area contributed by atoms with Crippen LogP contribution in [0.2, 0.25) is 0 Å². The molecule has 0 spiro atoms. The normalized spacial score (nSPS) is 12.0. The van der Waals surface area contributed by atoms with E-state index in [-0.39, 0.29) is 18.4 Å². The molecule has 0 saturated carbocycles. The molecular formula is C37H74N2O3. The first-order valence-electron chi connectivity index (χ1n) is 18.7. The fourth-order valence-corrected chi connectivity index (χ4v) is 5.64. The van der Waals surface area contributed by atoms with E-state index in [9.17, 15) is 9.59 Å². The molecule has 0 saturated heterocycles. The van der Waals surface area contributed by atoms with Gasteiger partial charge in [0.05, 0.1) is 0 Å². The predicted octanol–water partition coefficient (Wildman–Crippen LogP) is 10.5. The molecule has 0 aliphatic carbocycles. The summed E-state index contributed by atoms with van der Waals surface area (Å²) in [5, 5.41) is 0. The zero-order valence-electron chi connectivity index (χ0n) is 29.2. The molecule has 0 aromatic carbocycles. The number of carbonyl (C=O) groups is 2. The van der Waals surface area contributed by atoms with Crippen LogP contribution in [0.5, 0.6) is 0 Å². The van der Waals surface area contributed by atoms with Crippen LogP contribution >= 0.6 is 0 Å². The first kappa shape index (κ1) is 40.9. The summed E-state index contributed by atoms with van der Waals surface area (Å²) in [6, 6.07) is 0. The summed E-state index contributed by atoms with van der Waals surface area (Å²) in [5.41, 5.74) is 0. The zero-order valence-corrected chi connectivity index (χ0v) is 29.2. The van der Waals surface area contributed by atoms with Crippen molar-refractivity contribution >= 4 is 11.8 Å². The van der Waals surface area contributed by atoms with Gasteiger partial charge in [0.15, 0.2) is 0 Å². The van der Waals surface area contributed by atoms with Crippen molar-refractivity contribution in [2.75, 3.05) is 32.8 Å². The Balaban J connectivity index is 4.85. The molecule has 0 aliphatic heterocycles. The molecule has 42 heavy (non-hydrogen) atoms. The van der Waals surface area contributed by atoms with E-state index in [2.05, 4.69) is 27.7 Å². The average Bonchev–Trinajstić information content (AvgIpc) is 3.00. The smallest absolute Gasteiger partial charge is 0.251 e. The van der Waals surface area contributed by atoms with E-state index in [0.29, 0.717) is 0 Å². The maximum atomic E-state index is 13.4. The second kappa shape index (κ2) is 31.3. The lowest BCUT2D eigenvalue weighted by Crippen LogP contribution is -2.42. The Morgan fingerprint density at radius 3 is 1.07 bits per heavy atom. The fraction of sp³-hybridized carbons (Fsp3) is 0.946. The lowest BCUT2D eigenvalue weighted by Gasteiger charge is -2.27. The third kappa shape index (κ3) is 24.4. The highest BCUT2D eigenvalue weighted by molar-refractivity contribution is 5.82. The molecule has 0 N–H and O–H groups in total. The van der Waals surface area contributed by atoms with Gasteiger partial charge in [0.2, 0.25) is 5.91 Å². The summed E-state index contributed by atoms with van der Waals surface area (Å²) >= 11 is 0. The summed E-state index contributed by atoms with van der Waals surface area (Å²) in [7, 11) is 0. The lowest BCUT2D eigenvalue weighted by atomic mass is 10.1. The molecular weight excluding hydrogens is 520 g/mol. The number of hydrogen-bond acceptors (Lipinski definition) is 3. The minimum atomic E-state index is -0.570. The average molecular weight is 595 g/mol. The van der Waals surface area contributed by atoms with Gasteiger partial charge in [-0.3, -0.25) is 9.59 Å². The van der Waals surface area contributed by atoms with Gasteiger partial charge in [-0.05, 0) is 32.6 Å². The van der Waals surface area contributed by atoms with Crippen molar-refractivity contribution in [3.8, 4) is 0 Å². The fourth-order valence-electron chi connectivity index (χ4n) is 5.64. The molecule has 0 fully saturated rings. The van der Waals surface area contributed by atoms with E-state index < -0.39 is 6.10 Å². The van der Waals surface area contributed by atoms with Crippen LogP contribution in [-0.4, -0.2) is 60.5 Å². The molecule has 0 aromatic rings. The molecule has 0 rings (SSSR count). The first-order chi connectivity index (χ1) is 20.5. The van der Waals surface area contributed by atoms with Crippen LogP contribution in [0.4, 0.5) is 0 Å². The molecule has 0 aliphatic rings. The highest BCUT2D eigenvalue weighted by atomic mass is 16.5. The topological polar surface area (TPSA) is 49.9 Å². The van der Waals surface area contributed by atoms with Gasteiger partial charge in [0.1, 0.15) is 12.7 Å². The lowest BCUT2D eigenvalue weighted by molar-refractivity contribution is -0.148. The zero-order chi connectivity index (χ0) is 31.1. The molecule has 0 aromatic heterocycles. The van der Waals surface area contributed by atoms with Gasteiger partial charge in [-0.2, -0.15) is 0 Å². The van der Waals surface area contributed by atoms with E-state index in [0.717, 1.165) is 51.9 Å². The van der Waals surface area contributed by atoms with Crippen molar-refractivity contribution in [1.29, 1.82) is 0 Å². The Hall–Kier alpha value is -1.10. The van der Waals surface area contributed by atoms with Gasteiger partial charge >= 0.3 is 0 Å². The highest BCUT2D eigenvalue weighted by Gasteiger charge is 2.23. The van der Waals surface area contributed by atoms with Gasteiger partial charge in [-0.15, -0.1) is 0 Å². The minimum absolute atomic E-state index is 0.0143. The maximum Gasteiger partial charge on any atom is 0.251 e. The van der Waals surface area contributed by atoms with Crippen LogP contribution in [-0.2, 0) is 14.3 Å². The van der Waals surface area contributed by atoms with Crippen molar-refractivity contribution in [3.05, 3.63) is 0 Å². The third-order valence-electron chi connectivity index (χ3n) is 8.60. The Morgan fingerprint density at radius 2 is 0.738 bits per heavy atom. The summed E-state index contributed by atoms with van der Waals surface area (Å²) in [4.78, 5) is 30.7. The van der Waals surface area contributed by atoms with Gasteiger partial charge in [0.25, 0.3) is 5.91 Å². The molecule has 0 bridgehead atoms. The van der Waals surface area contributed by atoms with Crippen LogP contribution in [0.25, 0.3) is 0 Å². The second-order valence-electron chi connectivity index (χ2n) is 12.7. The number of hydrogen-bond donors (Lipinski definition) is 0. The molecule has 0 radical (unpaired) electrons. The molecule has 250 valence electrons. The number of unbranched alkanes of at least 4 members (excludes halogenated alkanes) is 20. The Bertz CT molecular complexity index is 566. The molecule has 1 atom stereocenters. The number of rotatable bonds is 32. The summed E-state index contributed by atoms with van der Waals surface area (Å²) in [5.74, 6) is 0.110. The van der Waals surface area contributed by atoms with E-state index in [1.165, 1.54) is 128 Å². The van der Waals surface area contributed by atoms with Gasteiger partial charge in [0, 0.05) is 26.2 Å². The summed E-state index contributed by atoms with van der Waals surface area (Å²) in [6.07, 6.45) is 28.8. The molecule has 1 unspecified atom stereocenters. The monoisotopic (exact) mass is 595 g/mol.